The maximum Gasteiger partial charge on any atom is 0.333 e. The Balaban J connectivity index is 2.74. The standard InChI is InChI=1S/C8H11BrO3/c1-8(9)3-4-12-6(8)5-7(10)11-2/h5H,3-4H2,1-2H3/b6-5+. The maximum absolute atomic E-state index is 10.9. The van der Waals surface area contributed by atoms with Crippen molar-refractivity contribution in [1.29, 1.82) is 0 Å². The van der Waals surface area contributed by atoms with Crippen LogP contribution >= 0.6 is 15.9 Å². The van der Waals surface area contributed by atoms with Gasteiger partial charge in [-0.2, -0.15) is 0 Å². The van der Waals surface area contributed by atoms with E-state index in [9.17, 15) is 4.79 Å². The second-order valence-electron chi connectivity index (χ2n) is 2.83. The summed E-state index contributed by atoms with van der Waals surface area (Å²) in [4.78, 5) is 10.9. The van der Waals surface area contributed by atoms with Crippen molar-refractivity contribution in [3.63, 3.8) is 0 Å². The Morgan fingerprint density at radius 3 is 2.92 bits per heavy atom. The van der Waals surface area contributed by atoms with Crippen molar-refractivity contribution in [1.82, 2.24) is 0 Å². The summed E-state index contributed by atoms with van der Waals surface area (Å²) in [7, 11) is 1.35. The van der Waals surface area contributed by atoms with Gasteiger partial charge in [-0.1, -0.05) is 15.9 Å². The molecule has 1 aliphatic heterocycles. The largest absolute Gasteiger partial charge is 0.496 e. The minimum Gasteiger partial charge on any atom is -0.496 e. The Kier molecular flexibility index (Phi) is 2.77. The average molecular weight is 235 g/mol. The van der Waals surface area contributed by atoms with Gasteiger partial charge in [0.05, 0.1) is 24.1 Å². The summed E-state index contributed by atoms with van der Waals surface area (Å²) >= 11 is 3.47. The van der Waals surface area contributed by atoms with Gasteiger partial charge in [0.1, 0.15) is 5.76 Å². The Bertz CT molecular complexity index is 220. The molecule has 0 saturated carbocycles. The lowest BCUT2D eigenvalue weighted by Crippen LogP contribution is -2.14. The van der Waals surface area contributed by atoms with Crippen LogP contribution in [-0.2, 0) is 14.3 Å². The normalized spacial score (nSPS) is 31.8. The number of hydrogen-bond donors (Lipinski definition) is 0. The number of ether oxygens (including phenoxy) is 2. The number of alkyl halides is 1. The molecular weight excluding hydrogens is 224 g/mol. The van der Waals surface area contributed by atoms with Crippen molar-refractivity contribution in [2.24, 2.45) is 0 Å². The molecule has 68 valence electrons. The molecule has 0 amide bonds. The second-order valence-corrected chi connectivity index (χ2v) is 4.58. The van der Waals surface area contributed by atoms with Crippen LogP contribution in [0.15, 0.2) is 11.8 Å². The van der Waals surface area contributed by atoms with Gasteiger partial charge in [-0.15, -0.1) is 0 Å². The van der Waals surface area contributed by atoms with Crippen molar-refractivity contribution < 1.29 is 14.3 Å². The molecule has 12 heavy (non-hydrogen) atoms. The van der Waals surface area contributed by atoms with Gasteiger partial charge in [-0.25, -0.2) is 4.79 Å². The van der Waals surface area contributed by atoms with Crippen LogP contribution < -0.4 is 0 Å². The summed E-state index contributed by atoms with van der Waals surface area (Å²) in [5.41, 5.74) is 0. The number of carbonyl (C=O) groups is 1. The molecular formula is C8H11BrO3. The molecule has 1 unspecified atom stereocenters. The molecule has 0 spiro atoms. The quantitative estimate of drug-likeness (QED) is 0.393. The van der Waals surface area contributed by atoms with E-state index in [0.29, 0.717) is 12.4 Å². The summed E-state index contributed by atoms with van der Waals surface area (Å²) in [5, 5.41) is 0. The maximum atomic E-state index is 10.9. The highest BCUT2D eigenvalue weighted by Gasteiger charge is 2.33. The lowest BCUT2D eigenvalue weighted by molar-refractivity contribution is -0.135. The topological polar surface area (TPSA) is 35.5 Å². The van der Waals surface area contributed by atoms with Crippen LogP contribution in [0, 0.1) is 0 Å². The van der Waals surface area contributed by atoms with E-state index in [1.807, 2.05) is 6.92 Å². The molecule has 0 aromatic rings. The van der Waals surface area contributed by atoms with Crippen LogP contribution in [-0.4, -0.2) is 24.0 Å². The fourth-order valence-electron chi connectivity index (χ4n) is 0.984. The molecule has 0 bridgehead atoms. The zero-order chi connectivity index (χ0) is 9.19. The predicted molar refractivity (Wildman–Crippen MR) is 48.0 cm³/mol. The molecule has 3 nitrogen and oxygen atoms in total. The van der Waals surface area contributed by atoms with E-state index < -0.39 is 0 Å². The molecule has 1 atom stereocenters. The number of carbonyl (C=O) groups excluding carboxylic acids is 1. The average Bonchev–Trinajstić information content (AvgIpc) is 2.31. The van der Waals surface area contributed by atoms with Gasteiger partial charge in [0.25, 0.3) is 0 Å². The lowest BCUT2D eigenvalue weighted by atomic mass is 10.1. The Labute approximate surface area is 79.9 Å². The predicted octanol–water partition coefficient (Wildman–Crippen LogP) is 1.62. The van der Waals surface area contributed by atoms with Crippen LogP contribution in [0.3, 0.4) is 0 Å². The molecule has 0 aliphatic carbocycles. The lowest BCUT2D eigenvalue weighted by Gasteiger charge is -2.13. The minimum absolute atomic E-state index is 0.207. The van der Waals surface area contributed by atoms with Crippen molar-refractivity contribution in [3.05, 3.63) is 11.8 Å². The fourth-order valence-corrected chi connectivity index (χ4v) is 1.38. The summed E-state index contributed by atoms with van der Waals surface area (Å²) in [5.74, 6) is 0.270. The van der Waals surface area contributed by atoms with Gasteiger partial charge in [0, 0.05) is 6.42 Å². The smallest absolute Gasteiger partial charge is 0.333 e. The molecule has 1 aliphatic rings. The van der Waals surface area contributed by atoms with E-state index >= 15 is 0 Å². The first-order chi connectivity index (χ1) is 5.56. The number of rotatable bonds is 1. The SMILES string of the molecule is COC(=O)/C=C1/OCCC1(C)Br. The number of hydrogen-bond acceptors (Lipinski definition) is 3. The van der Waals surface area contributed by atoms with Gasteiger partial charge in [0.2, 0.25) is 0 Å². The first-order valence-electron chi connectivity index (χ1n) is 3.68. The number of methoxy groups -OCH3 is 1. The molecule has 4 heteroatoms. The van der Waals surface area contributed by atoms with E-state index in [4.69, 9.17) is 4.74 Å². The first kappa shape index (κ1) is 9.58. The highest BCUT2D eigenvalue weighted by molar-refractivity contribution is 9.10. The summed E-state index contributed by atoms with van der Waals surface area (Å²) in [6.45, 7) is 2.61. The van der Waals surface area contributed by atoms with Crippen molar-refractivity contribution >= 4 is 21.9 Å². The van der Waals surface area contributed by atoms with E-state index in [0.717, 1.165) is 6.42 Å². The molecule has 1 heterocycles. The van der Waals surface area contributed by atoms with E-state index in [-0.39, 0.29) is 10.3 Å². The van der Waals surface area contributed by atoms with Crippen molar-refractivity contribution in [2.45, 2.75) is 17.7 Å². The van der Waals surface area contributed by atoms with Crippen LogP contribution in [0.5, 0.6) is 0 Å². The zero-order valence-electron chi connectivity index (χ0n) is 7.09. The van der Waals surface area contributed by atoms with Gasteiger partial charge < -0.3 is 9.47 Å². The Morgan fingerprint density at radius 2 is 2.50 bits per heavy atom. The van der Waals surface area contributed by atoms with E-state index in [1.54, 1.807) is 0 Å². The zero-order valence-corrected chi connectivity index (χ0v) is 8.68. The van der Waals surface area contributed by atoms with E-state index in [1.165, 1.54) is 13.2 Å². The monoisotopic (exact) mass is 234 g/mol. The van der Waals surface area contributed by atoms with Crippen LogP contribution in [0.4, 0.5) is 0 Å². The summed E-state index contributed by atoms with van der Waals surface area (Å²) < 4.78 is 9.54. The summed E-state index contributed by atoms with van der Waals surface area (Å²) in [6.07, 6.45) is 2.25. The molecule has 1 fully saturated rings. The highest BCUT2D eigenvalue weighted by atomic mass is 79.9. The van der Waals surface area contributed by atoms with Gasteiger partial charge >= 0.3 is 5.97 Å². The minimum atomic E-state index is -0.377. The number of halogens is 1. The van der Waals surface area contributed by atoms with Crippen molar-refractivity contribution in [2.75, 3.05) is 13.7 Å². The van der Waals surface area contributed by atoms with Gasteiger partial charge in [-0.05, 0) is 6.92 Å². The van der Waals surface area contributed by atoms with Gasteiger partial charge in [-0.3, -0.25) is 0 Å². The third-order valence-corrected chi connectivity index (χ3v) is 2.58. The fraction of sp³-hybridized carbons (Fsp3) is 0.625. The third-order valence-electron chi connectivity index (χ3n) is 1.79. The second kappa shape index (κ2) is 3.47. The molecule has 1 saturated heterocycles. The highest BCUT2D eigenvalue weighted by Crippen LogP contribution is 2.36. The Morgan fingerprint density at radius 1 is 1.83 bits per heavy atom. The van der Waals surface area contributed by atoms with Crippen LogP contribution in [0.2, 0.25) is 0 Å². The van der Waals surface area contributed by atoms with Gasteiger partial charge in [0.15, 0.2) is 0 Å². The molecule has 0 N–H and O–H groups in total. The van der Waals surface area contributed by atoms with Crippen molar-refractivity contribution in [3.8, 4) is 0 Å². The first-order valence-corrected chi connectivity index (χ1v) is 4.47. The molecule has 0 aromatic heterocycles. The van der Waals surface area contributed by atoms with Crippen LogP contribution in [0.1, 0.15) is 13.3 Å². The molecule has 1 rings (SSSR count). The van der Waals surface area contributed by atoms with E-state index in [2.05, 4.69) is 20.7 Å². The molecule has 0 radical (unpaired) electrons. The third kappa shape index (κ3) is 2.00. The molecule has 0 aromatic carbocycles. The van der Waals surface area contributed by atoms with Crippen LogP contribution in [0.25, 0.3) is 0 Å². The number of esters is 1. The summed E-state index contributed by atoms with van der Waals surface area (Å²) in [6, 6.07) is 0. The Hall–Kier alpha value is -0.510. The number of allylic oxidation sites excluding steroid dienone is 1.